The third-order valence-electron chi connectivity index (χ3n) is 23.6. The average Bonchev–Trinajstić information content (AvgIpc) is 1.64. The topological polar surface area (TPSA) is 407 Å². The zero-order valence-corrected chi connectivity index (χ0v) is 78.6. The minimum Gasteiger partial charge on any atom is -0.495 e. The van der Waals surface area contributed by atoms with Gasteiger partial charge in [-0.3, -0.25) is 24.2 Å². The molecule has 5 aliphatic heterocycles. The van der Waals surface area contributed by atoms with Crippen LogP contribution in [0.25, 0.3) is 66.5 Å². The van der Waals surface area contributed by atoms with Crippen LogP contribution in [-0.2, 0) is 33.3 Å². The number of benzene rings is 3. The van der Waals surface area contributed by atoms with E-state index in [0.29, 0.717) is 224 Å². The fraction of sp³-hybridized carbons (Fsp3) is 0.461. The van der Waals surface area contributed by atoms with Crippen molar-refractivity contribution in [1.82, 2.24) is 80.4 Å². The Kier molecular flexibility index (Phi) is 33.2. The third-order valence-corrected chi connectivity index (χ3v) is 25.8. The Morgan fingerprint density at radius 2 is 0.824 bits per heavy atom. The van der Waals surface area contributed by atoms with Crippen molar-refractivity contribution in [2.75, 3.05) is 207 Å². The molecule has 10 atom stereocenters. The number of anilines is 6. The van der Waals surface area contributed by atoms with Gasteiger partial charge in [0.15, 0.2) is 17.5 Å². The minimum absolute atomic E-state index is 0.125. The number of carbonyl (C=O) groups excluding carboxylic acids is 3. The first-order valence-corrected chi connectivity index (χ1v) is 45.3. The first-order chi connectivity index (χ1) is 63.3. The molecule has 11 heterocycles. The van der Waals surface area contributed by atoms with Crippen LogP contribution in [0.5, 0.6) is 34.5 Å². The van der Waals surface area contributed by atoms with E-state index in [2.05, 4.69) is 96.4 Å². The number of nitrogens with zero attached hydrogens (tertiary/aromatic N) is 13. The van der Waals surface area contributed by atoms with Crippen LogP contribution in [0.1, 0.15) is 32.1 Å². The number of likely N-dealkylation sites (N-methyl/N-ethyl adjacent to an activating group) is 2. The monoisotopic (exact) mass is 1920 g/mol. The number of carbonyl (C=O) groups is 3. The van der Waals surface area contributed by atoms with Gasteiger partial charge in [0.05, 0.1) is 145 Å². The molecule has 0 bridgehead atoms. The van der Waals surface area contributed by atoms with E-state index in [9.17, 15) is 14.4 Å². The van der Waals surface area contributed by atoms with Gasteiger partial charge in [0, 0.05) is 166 Å². The van der Waals surface area contributed by atoms with Gasteiger partial charge >= 0.3 is 0 Å². The lowest BCUT2D eigenvalue weighted by Crippen LogP contribution is -2.52. The van der Waals surface area contributed by atoms with Crippen LogP contribution in [0.2, 0.25) is 30.1 Å². The van der Waals surface area contributed by atoms with Crippen molar-refractivity contribution in [2.24, 2.45) is 5.73 Å². The Balaban J connectivity index is 0.722. The molecule has 36 nitrogen and oxygen atoms in total. The highest BCUT2D eigenvalue weighted by atomic mass is 35.5. The number of fused-ring (bicyclic) bond motifs is 3. The van der Waals surface area contributed by atoms with Crippen molar-refractivity contribution < 1.29 is 61.8 Å². The molecular weight excluding hydrogens is 1810 g/mol. The molecule has 3 aromatic carbocycles. The van der Waals surface area contributed by atoms with Crippen LogP contribution < -0.4 is 82.0 Å². The molecule has 700 valence electrons. The Hall–Kier alpha value is -10.3. The predicted molar refractivity (Wildman–Crippen MR) is 511 cm³/mol. The number of hydrogen-bond acceptors (Lipinski definition) is 33. The Morgan fingerprint density at radius 3 is 1.18 bits per heavy atom. The van der Waals surface area contributed by atoms with Crippen molar-refractivity contribution in [3.63, 3.8) is 0 Å². The van der Waals surface area contributed by atoms with Gasteiger partial charge in [-0.15, -0.1) is 0 Å². The number of nitrogens with two attached hydrogens (primary N) is 1. The maximum atomic E-state index is 12.7. The molecule has 5 saturated heterocycles. The van der Waals surface area contributed by atoms with Gasteiger partial charge in [0.2, 0.25) is 35.6 Å². The summed E-state index contributed by atoms with van der Waals surface area (Å²) >= 11 is 44.0. The second-order valence-corrected chi connectivity index (χ2v) is 34.9. The molecule has 6 aromatic heterocycles. The van der Waals surface area contributed by atoms with E-state index in [1.807, 2.05) is 25.1 Å². The fourth-order valence-corrected chi connectivity index (χ4v) is 18.6. The molecule has 14 rings (SSSR count). The summed E-state index contributed by atoms with van der Waals surface area (Å²) in [6, 6.07) is 7.86. The predicted octanol–water partition coefficient (Wildman–Crippen LogP) is 10.6. The van der Waals surface area contributed by atoms with Crippen molar-refractivity contribution in [3.8, 4) is 68.3 Å². The molecule has 0 saturated carbocycles. The molecule has 131 heavy (non-hydrogen) atoms. The van der Waals surface area contributed by atoms with Gasteiger partial charge in [0.1, 0.15) is 64.3 Å². The fourth-order valence-electron chi connectivity index (χ4n) is 16.6. The largest absolute Gasteiger partial charge is 0.495 e. The van der Waals surface area contributed by atoms with E-state index in [4.69, 9.17) is 168 Å². The summed E-state index contributed by atoms with van der Waals surface area (Å²) in [6.07, 6.45) is 11.7. The number of aromatic nitrogens is 9. The van der Waals surface area contributed by atoms with Gasteiger partial charge in [-0.2, -0.15) is 0 Å². The second-order valence-electron chi connectivity index (χ2n) is 32.7. The number of ether oxygens (including phenoxy) is 10. The Morgan fingerprint density at radius 1 is 0.473 bits per heavy atom. The zero-order valence-electron chi connectivity index (χ0n) is 74.1. The first-order valence-electron chi connectivity index (χ1n) is 43.0. The number of likely N-dealkylation sites (tertiary alicyclic amines) is 2. The van der Waals surface area contributed by atoms with Crippen LogP contribution in [0.3, 0.4) is 0 Å². The molecule has 9 aromatic rings. The maximum Gasteiger partial charge on any atom is 0.243 e. The Bertz CT molecular complexity index is 5620. The summed E-state index contributed by atoms with van der Waals surface area (Å²) in [4.78, 5) is 91.5. The van der Waals surface area contributed by atoms with Crippen LogP contribution in [0, 0.1) is 0 Å². The molecule has 0 aliphatic carbocycles. The van der Waals surface area contributed by atoms with E-state index in [1.54, 1.807) is 48.9 Å². The number of rotatable bonds is 41. The van der Waals surface area contributed by atoms with Crippen molar-refractivity contribution in [3.05, 3.63) is 123 Å². The number of methoxy groups -OCH3 is 4. The molecular formula is C89H109Cl6N23O13. The molecule has 42 heteroatoms. The third kappa shape index (κ3) is 23.3. The van der Waals surface area contributed by atoms with Gasteiger partial charge < -0.3 is 111 Å². The van der Waals surface area contributed by atoms with Crippen molar-refractivity contribution in [2.45, 2.75) is 92.5 Å². The van der Waals surface area contributed by atoms with Gasteiger partial charge in [0.25, 0.3) is 0 Å². The highest BCUT2D eigenvalue weighted by molar-refractivity contribution is 6.42. The number of halogens is 6. The summed E-state index contributed by atoms with van der Waals surface area (Å²) in [6.45, 7) is 18.3. The highest BCUT2D eigenvalue weighted by Crippen LogP contribution is 2.50. The van der Waals surface area contributed by atoms with Gasteiger partial charge in [-0.25, -0.2) is 44.9 Å². The molecule has 3 amide bonds. The minimum atomic E-state index is -0.407. The number of amides is 3. The average molecular weight is 1920 g/mol. The van der Waals surface area contributed by atoms with Crippen LogP contribution in [0.4, 0.5) is 35.3 Å². The highest BCUT2D eigenvalue weighted by Gasteiger charge is 2.38. The number of pyridine rings is 3. The molecule has 5 fully saturated rings. The lowest BCUT2D eigenvalue weighted by atomic mass is 10.0. The molecule has 0 spiro atoms. The quantitative estimate of drug-likeness (QED) is 0.0126. The summed E-state index contributed by atoms with van der Waals surface area (Å²) in [7, 11) is 14.1. The molecule has 11 N–H and O–H groups in total. The number of nitrogens with one attached hydrogen (secondary N) is 9. The van der Waals surface area contributed by atoms with E-state index in [-0.39, 0.29) is 152 Å². The second kappa shape index (κ2) is 45.0. The Labute approximate surface area is 789 Å². The first kappa shape index (κ1) is 96.8. The van der Waals surface area contributed by atoms with E-state index in [1.165, 1.54) is 46.7 Å². The zero-order chi connectivity index (χ0) is 92.7. The summed E-state index contributed by atoms with van der Waals surface area (Å²) in [5.41, 5.74) is 10.4. The van der Waals surface area contributed by atoms with Crippen LogP contribution >= 0.6 is 69.6 Å². The van der Waals surface area contributed by atoms with E-state index < -0.39 is 6.04 Å². The summed E-state index contributed by atoms with van der Waals surface area (Å²) < 4.78 is 60.5. The van der Waals surface area contributed by atoms with Crippen molar-refractivity contribution in [1.29, 1.82) is 0 Å². The van der Waals surface area contributed by atoms with E-state index in [0.717, 1.165) is 13.0 Å². The van der Waals surface area contributed by atoms with Gasteiger partial charge in [-0.05, 0) is 96.7 Å². The summed E-state index contributed by atoms with van der Waals surface area (Å²) in [5.74, 6) is 2.85. The van der Waals surface area contributed by atoms with Crippen LogP contribution in [-0.4, -0.2) is 318 Å². The smallest absolute Gasteiger partial charge is 0.243 e. The normalized spacial score (nSPS) is 20.6. The van der Waals surface area contributed by atoms with Crippen LogP contribution in [0.15, 0.2) is 93.0 Å². The molecule has 5 aliphatic rings. The van der Waals surface area contributed by atoms with Crippen molar-refractivity contribution >= 4 is 155 Å². The molecule has 4 unspecified atom stereocenters. The lowest BCUT2D eigenvalue weighted by Gasteiger charge is -2.32. The van der Waals surface area contributed by atoms with Gasteiger partial charge in [-0.1, -0.05) is 89.3 Å². The summed E-state index contributed by atoms with van der Waals surface area (Å²) in [5, 5.41) is 32.8. The number of hydrogen-bond donors (Lipinski definition) is 10. The maximum absolute atomic E-state index is 12.7. The van der Waals surface area contributed by atoms with E-state index >= 15 is 0 Å². The molecule has 0 radical (unpaired) electrons. The SMILES string of the molecule is C=CC(=O)N[C@H]1CCOC[C@H]1Nc1ncc2cc(-c3c(Cl)c(OC)cc(OC)c3Cl)nc(NCCN3CC(N)CC3COc3cc(OC)c(Cl)c(-c4cc5cnc(N[C@@H]6COCC[C@@H]6NC(=O)C=C)nc5c(NCCN5CC(N(C)C)CC5COc5cc(OC)c(Cl)c(-c6cc7cnc(N[C@@H]8COCC[C@@H]8NC(=O)C=C)nc7c(NCCOCCN(C)C)n6)c5Cl)n4)c3Cl)c2n1. The standard InChI is InChI=1S/C89H109Cl6N23O13/c1-12-69(119)103-54-15-24-127-44-60(54)109-87-100-37-47-29-57(72-75(90)63(122-8)34-64(123-9)76(72)91)106-84(81(47)112-87)97-18-21-117-40-50(96)32-52(117)42-130-67-35-65(124-10)77(92)73(79(67)94)58-30-48-38-101-88(110-61-45-128-25-16-55(61)104-70(120)13-2)113-82(48)85(107-58)98-19-22-118-41-51(116(6)7)33-53(118)43-131-68-36-66(125-11)78(93)74(80(68)95)59-31-49-39-102-89(111-62-46-129-26-17-56(62)105-71(121)14-3)114-83(49)86(108-59)99-20-27-126-28-23-115(4)5/h12-14,29-31,34-39,50-56,60-62H,1-3,15-28,32-33,40-46,96H2,4-11H3,(H,97,106)(H,98,107)(H,99,108)(H,103,119)(H,104,120)(H,105,121)(H,100,109,112)(H,101,110,113)(H,102,111,114)/t50?,51?,52?,53?,54-,55-,56-,60+,61+,62+/m0/s1. The lowest BCUT2D eigenvalue weighted by molar-refractivity contribution is -0.118.